The van der Waals surface area contributed by atoms with Crippen LogP contribution in [0, 0.1) is 5.92 Å². The van der Waals surface area contributed by atoms with E-state index in [1.54, 1.807) is 13.8 Å². The minimum atomic E-state index is -0.817. The Morgan fingerprint density at radius 3 is 1.64 bits per heavy atom. The molecule has 0 aliphatic carbocycles. The molecule has 0 heterocycles. The Labute approximate surface area is 267 Å². The molecule has 0 aliphatic rings. The van der Waals surface area contributed by atoms with Crippen LogP contribution in [-0.4, -0.2) is 61.9 Å². The number of nitrogens with one attached hydrogen (secondary N) is 4. The minimum absolute atomic E-state index is 0.0496. The summed E-state index contributed by atoms with van der Waals surface area (Å²) in [6, 6.07) is -1.60. The third kappa shape index (κ3) is 22.8. The number of carbonyl (C=O) groups excluding carboxylic acids is 5. The molecule has 0 aliphatic heterocycles. The highest BCUT2D eigenvalue weighted by Gasteiger charge is 2.26. The van der Waals surface area contributed by atoms with Gasteiger partial charge in [0.05, 0.1) is 13.7 Å². The quantitative estimate of drug-likeness (QED) is 0.0672. The van der Waals surface area contributed by atoms with Crippen molar-refractivity contribution in [2.24, 2.45) is 5.92 Å². The van der Waals surface area contributed by atoms with Gasteiger partial charge in [-0.2, -0.15) is 0 Å². The molecule has 0 radical (unpaired) electrons. The van der Waals surface area contributed by atoms with E-state index in [-0.39, 0.29) is 24.3 Å². The number of rotatable bonds is 28. The van der Waals surface area contributed by atoms with Crippen molar-refractivity contribution in [2.45, 2.75) is 162 Å². The molecular weight excluding hydrogens is 560 g/mol. The van der Waals surface area contributed by atoms with Crippen molar-refractivity contribution in [3.05, 3.63) is 0 Å². The normalized spacial score (nSPS) is 12.3. The maximum Gasteiger partial charge on any atom is 0.328 e. The number of unbranched alkanes of at least 4 members (excludes halogenated alkanes) is 13. The first-order valence-corrected chi connectivity index (χ1v) is 17.4. The number of esters is 1. The van der Waals surface area contributed by atoms with E-state index in [1.165, 1.54) is 64.9 Å². The summed E-state index contributed by atoms with van der Waals surface area (Å²) in [5.74, 6) is -1.83. The van der Waals surface area contributed by atoms with Crippen LogP contribution in [0.25, 0.3) is 0 Å². The van der Waals surface area contributed by atoms with Crippen LogP contribution >= 0.6 is 0 Å². The Hall–Kier alpha value is -2.65. The molecule has 10 nitrogen and oxygen atoms in total. The van der Waals surface area contributed by atoms with Crippen LogP contribution in [0.5, 0.6) is 0 Å². The molecule has 0 aromatic heterocycles. The second-order valence-electron chi connectivity index (χ2n) is 12.2. The fraction of sp³-hybridized carbons (Fsp3) is 0.853. The predicted octanol–water partition coefficient (Wildman–Crippen LogP) is 5.47. The molecular formula is C34H64N4O6. The summed E-state index contributed by atoms with van der Waals surface area (Å²) in [4.78, 5) is 62.2. The Bertz CT molecular complexity index is 805. The van der Waals surface area contributed by atoms with Gasteiger partial charge in [-0.25, -0.2) is 4.79 Å². The summed E-state index contributed by atoms with van der Waals surface area (Å²) in [5, 5.41) is 11.0. The third-order valence-electron chi connectivity index (χ3n) is 7.77. The van der Waals surface area contributed by atoms with Crippen molar-refractivity contribution in [1.82, 2.24) is 21.3 Å². The summed E-state index contributed by atoms with van der Waals surface area (Å²) in [5.41, 5.74) is 0. The second-order valence-corrected chi connectivity index (χ2v) is 12.2. The van der Waals surface area contributed by atoms with Gasteiger partial charge < -0.3 is 26.0 Å². The fourth-order valence-corrected chi connectivity index (χ4v) is 4.95. The topological polar surface area (TPSA) is 143 Å². The molecule has 2 unspecified atom stereocenters. The zero-order chi connectivity index (χ0) is 33.0. The van der Waals surface area contributed by atoms with E-state index in [2.05, 4.69) is 35.1 Å². The molecule has 0 aromatic rings. The van der Waals surface area contributed by atoms with Crippen LogP contribution in [0.15, 0.2) is 0 Å². The van der Waals surface area contributed by atoms with Gasteiger partial charge in [0, 0.05) is 19.4 Å². The number of methoxy groups -OCH3 is 1. The molecule has 0 rings (SSSR count). The monoisotopic (exact) mass is 624 g/mol. The standard InChI is InChI=1S/C34H64N4O6/c1-6-8-10-12-14-16-18-23-29(39)35-25-21-20-22-28(37-30(40)24-19-17-15-13-11-9-7-2)33(42)36-26-31(41)38-32(27(3)4)34(43)44-5/h27-28,32H,6-26H2,1-5H3,(H,35,39)(H,36,42)(H,37,40)(H,38,41). The number of amides is 4. The molecule has 0 saturated heterocycles. The first-order chi connectivity index (χ1) is 21.2. The molecule has 0 saturated carbocycles. The third-order valence-corrected chi connectivity index (χ3v) is 7.77. The second kappa shape index (κ2) is 27.9. The molecule has 44 heavy (non-hydrogen) atoms. The molecule has 0 spiro atoms. The van der Waals surface area contributed by atoms with Crippen LogP contribution in [0.1, 0.15) is 150 Å². The van der Waals surface area contributed by atoms with Gasteiger partial charge in [0.2, 0.25) is 23.6 Å². The maximum absolute atomic E-state index is 13.0. The summed E-state index contributed by atoms with van der Waals surface area (Å²) < 4.78 is 4.75. The Balaban J connectivity index is 4.70. The summed E-state index contributed by atoms with van der Waals surface area (Å²) in [6.45, 7) is 8.15. The number of carbonyl (C=O) groups is 5. The molecule has 0 aromatic carbocycles. The number of hydrogen-bond donors (Lipinski definition) is 4. The van der Waals surface area contributed by atoms with E-state index in [4.69, 9.17) is 4.74 Å². The highest BCUT2D eigenvalue weighted by Crippen LogP contribution is 2.10. The molecule has 2 atom stereocenters. The first kappa shape index (κ1) is 41.4. The van der Waals surface area contributed by atoms with Crippen molar-refractivity contribution >= 4 is 29.6 Å². The number of hydrogen-bond acceptors (Lipinski definition) is 6. The molecule has 10 heteroatoms. The van der Waals surface area contributed by atoms with Crippen molar-refractivity contribution < 1.29 is 28.7 Å². The lowest BCUT2D eigenvalue weighted by molar-refractivity contribution is -0.146. The van der Waals surface area contributed by atoms with Gasteiger partial charge in [0.1, 0.15) is 12.1 Å². The SMILES string of the molecule is CCCCCCCCCC(=O)NCCCCC(NC(=O)CCCCCCCCC)C(=O)NCC(=O)NC(C(=O)OC)C(C)C. The maximum atomic E-state index is 13.0. The smallest absolute Gasteiger partial charge is 0.328 e. The van der Waals surface area contributed by atoms with Crippen molar-refractivity contribution in [1.29, 1.82) is 0 Å². The Kier molecular flexibility index (Phi) is 26.2. The molecule has 4 amide bonds. The highest BCUT2D eigenvalue weighted by molar-refractivity contribution is 5.91. The van der Waals surface area contributed by atoms with E-state index in [0.29, 0.717) is 38.6 Å². The van der Waals surface area contributed by atoms with Crippen molar-refractivity contribution in [3.8, 4) is 0 Å². The van der Waals surface area contributed by atoms with Gasteiger partial charge >= 0.3 is 5.97 Å². The van der Waals surface area contributed by atoms with E-state index < -0.39 is 29.9 Å². The Morgan fingerprint density at radius 1 is 0.591 bits per heavy atom. The molecule has 256 valence electrons. The van der Waals surface area contributed by atoms with Crippen LogP contribution in [0.3, 0.4) is 0 Å². The van der Waals surface area contributed by atoms with Gasteiger partial charge in [-0.1, -0.05) is 105 Å². The largest absolute Gasteiger partial charge is 0.467 e. The zero-order valence-electron chi connectivity index (χ0n) is 28.5. The van der Waals surface area contributed by atoms with E-state index in [9.17, 15) is 24.0 Å². The van der Waals surface area contributed by atoms with Crippen molar-refractivity contribution in [3.63, 3.8) is 0 Å². The summed E-state index contributed by atoms with van der Waals surface area (Å²) >= 11 is 0. The molecule has 0 bridgehead atoms. The highest BCUT2D eigenvalue weighted by atomic mass is 16.5. The predicted molar refractivity (Wildman–Crippen MR) is 176 cm³/mol. The fourth-order valence-electron chi connectivity index (χ4n) is 4.95. The molecule has 4 N–H and O–H groups in total. The van der Waals surface area contributed by atoms with E-state index >= 15 is 0 Å². The van der Waals surface area contributed by atoms with Crippen LogP contribution in [-0.2, 0) is 28.7 Å². The van der Waals surface area contributed by atoms with Gasteiger partial charge in [0.15, 0.2) is 0 Å². The average molecular weight is 625 g/mol. The molecule has 0 fully saturated rings. The zero-order valence-corrected chi connectivity index (χ0v) is 28.5. The summed E-state index contributed by atoms with van der Waals surface area (Å²) in [6.07, 6.45) is 18.4. The average Bonchev–Trinajstić information content (AvgIpc) is 3.00. The van der Waals surface area contributed by atoms with Gasteiger partial charge in [-0.05, 0) is 38.0 Å². The summed E-state index contributed by atoms with van der Waals surface area (Å²) in [7, 11) is 1.26. The van der Waals surface area contributed by atoms with Crippen molar-refractivity contribution in [2.75, 3.05) is 20.2 Å². The lowest BCUT2D eigenvalue weighted by atomic mass is 10.0. The van der Waals surface area contributed by atoms with Gasteiger partial charge in [-0.15, -0.1) is 0 Å². The number of ether oxygens (including phenoxy) is 1. The van der Waals surface area contributed by atoms with Crippen LogP contribution < -0.4 is 21.3 Å². The Morgan fingerprint density at radius 2 is 1.11 bits per heavy atom. The minimum Gasteiger partial charge on any atom is -0.467 e. The van der Waals surface area contributed by atoms with E-state index in [0.717, 1.165) is 32.1 Å². The lowest BCUT2D eigenvalue weighted by Gasteiger charge is -2.21. The van der Waals surface area contributed by atoms with Crippen LogP contribution in [0.4, 0.5) is 0 Å². The lowest BCUT2D eigenvalue weighted by Crippen LogP contribution is -2.51. The van der Waals surface area contributed by atoms with Crippen LogP contribution in [0.2, 0.25) is 0 Å². The van der Waals surface area contributed by atoms with Gasteiger partial charge in [0.25, 0.3) is 0 Å². The van der Waals surface area contributed by atoms with E-state index in [1.807, 2.05) is 0 Å². The van der Waals surface area contributed by atoms with Gasteiger partial charge in [-0.3, -0.25) is 19.2 Å². The first-order valence-electron chi connectivity index (χ1n) is 17.4.